The zero-order valence-corrected chi connectivity index (χ0v) is 15.3. The summed E-state index contributed by atoms with van der Waals surface area (Å²) in [6.45, 7) is 5.56. The highest BCUT2D eigenvalue weighted by atomic mass is 32.2. The quantitative estimate of drug-likeness (QED) is 0.587. The normalized spacial score (nSPS) is 12.9. The maximum absolute atomic E-state index is 12.3. The van der Waals surface area contributed by atoms with Crippen molar-refractivity contribution in [3.63, 3.8) is 0 Å². The van der Waals surface area contributed by atoms with Crippen LogP contribution in [0, 0.1) is 0 Å². The SMILES string of the molecule is CCC(=O)Nc1ccc([C@H](C)NC(=O)[C@H](C)Sc2ncccn2)cc1. The smallest absolute Gasteiger partial charge is 0.233 e. The van der Waals surface area contributed by atoms with Crippen molar-refractivity contribution < 1.29 is 9.59 Å². The molecule has 7 heteroatoms. The molecule has 1 heterocycles. The molecule has 0 saturated carbocycles. The number of aromatic nitrogens is 2. The molecule has 0 spiro atoms. The van der Waals surface area contributed by atoms with Crippen molar-refractivity contribution in [2.45, 2.75) is 43.6 Å². The number of rotatable bonds is 7. The molecule has 0 aliphatic rings. The first-order valence-corrected chi connectivity index (χ1v) is 9.01. The highest BCUT2D eigenvalue weighted by Gasteiger charge is 2.18. The van der Waals surface area contributed by atoms with Gasteiger partial charge in [-0.25, -0.2) is 9.97 Å². The molecule has 0 saturated heterocycles. The van der Waals surface area contributed by atoms with Gasteiger partial charge in [0.25, 0.3) is 0 Å². The molecule has 0 unspecified atom stereocenters. The summed E-state index contributed by atoms with van der Waals surface area (Å²) >= 11 is 1.32. The van der Waals surface area contributed by atoms with E-state index in [4.69, 9.17) is 0 Å². The van der Waals surface area contributed by atoms with E-state index < -0.39 is 0 Å². The Morgan fingerprint density at radius 3 is 2.36 bits per heavy atom. The molecule has 2 amide bonds. The van der Waals surface area contributed by atoms with Crippen LogP contribution in [0.5, 0.6) is 0 Å². The molecule has 1 aromatic heterocycles. The second kappa shape index (κ2) is 9.17. The maximum Gasteiger partial charge on any atom is 0.233 e. The molecule has 2 atom stereocenters. The Labute approximate surface area is 151 Å². The van der Waals surface area contributed by atoms with E-state index in [0.29, 0.717) is 11.6 Å². The Kier molecular flexibility index (Phi) is 6.94. The number of anilines is 1. The third-order valence-corrected chi connectivity index (χ3v) is 4.56. The van der Waals surface area contributed by atoms with Crippen LogP contribution in [0.1, 0.15) is 38.8 Å². The van der Waals surface area contributed by atoms with Crippen molar-refractivity contribution in [2.75, 3.05) is 5.32 Å². The highest BCUT2D eigenvalue weighted by molar-refractivity contribution is 8.00. The standard InChI is InChI=1S/C18H22N4O2S/c1-4-16(23)22-15-8-6-14(7-9-15)12(2)21-17(24)13(3)25-18-19-10-5-11-20-18/h5-13H,4H2,1-3H3,(H,21,24)(H,22,23)/t12-,13-/m0/s1. The van der Waals surface area contributed by atoms with E-state index in [-0.39, 0.29) is 23.1 Å². The van der Waals surface area contributed by atoms with E-state index in [1.807, 2.05) is 38.1 Å². The first-order chi connectivity index (χ1) is 12.0. The van der Waals surface area contributed by atoms with Gasteiger partial charge >= 0.3 is 0 Å². The summed E-state index contributed by atoms with van der Waals surface area (Å²) < 4.78 is 0. The van der Waals surface area contributed by atoms with Gasteiger partial charge in [0, 0.05) is 24.5 Å². The molecule has 0 fully saturated rings. The number of nitrogens with one attached hydrogen (secondary N) is 2. The van der Waals surface area contributed by atoms with E-state index in [1.165, 1.54) is 11.8 Å². The number of carbonyl (C=O) groups is 2. The second-order valence-electron chi connectivity index (χ2n) is 5.55. The summed E-state index contributed by atoms with van der Waals surface area (Å²) in [4.78, 5) is 32.0. The van der Waals surface area contributed by atoms with Crippen molar-refractivity contribution in [1.82, 2.24) is 15.3 Å². The van der Waals surface area contributed by atoms with Crippen LogP contribution in [-0.2, 0) is 9.59 Å². The zero-order chi connectivity index (χ0) is 18.2. The van der Waals surface area contributed by atoms with Gasteiger partial charge < -0.3 is 10.6 Å². The molecule has 0 bridgehead atoms. The van der Waals surface area contributed by atoms with Crippen LogP contribution in [0.4, 0.5) is 5.69 Å². The first-order valence-electron chi connectivity index (χ1n) is 8.13. The molecule has 0 radical (unpaired) electrons. The summed E-state index contributed by atoms with van der Waals surface area (Å²) in [6, 6.07) is 9.07. The maximum atomic E-state index is 12.3. The Bertz CT molecular complexity index is 707. The van der Waals surface area contributed by atoms with E-state index in [9.17, 15) is 9.59 Å². The fourth-order valence-corrected chi connectivity index (χ4v) is 2.81. The van der Waals surface area contributed by atoms with Crippen molar-refractivity contribution >= 4 is 29.3 Å². The summed E-state index contributed by atoms with van der Waals surface area (Å²) in [7, 11) is 0. The van der Waals surface area contributed by atoms with Crippen LogP contribution < -0.4 is 10.6 Å². The summed E-state index contributed by atoms with van der Waals surface area (Å²) in [5.41, 5.74) is 1.72. The lowest BCUT2D eigenvalue weighted by Crippen LogP contribution is -2.33. The molecule has 0 aliphatic carbocycles. The van der Waals surface area contributed by atoms with Crippen molar-refractivity contribution in [1.29, 1.82) is 0 Å². The van der Waals surface area contributed by atoms with Crippen LogP contribution >= 0.6 is 11.8 Å². The zero-order valence-electron chi connectivity index (χ0n) is 14.5. The Hall–Kier alpha value is -2.41. The second-order valence-corrected chi connectivity index (χ2v) is 6.85. The van der Waals surface area contributed by atoms with Crippen LogP contribution in [0.2, 0.25) is 0 Å². The lowest BCUT2D eigenvalue weighted by Gasteiger charge is -2.17. The van der Waals surface area contributed by atoms with Gasteiger partial charge in [0.15, 0.2) is 5.16 Å². The fraction of sp³-hybridized carbons (Fsp3) is 0.333. The van der Waals surface area contributed by atoms with Crippen molar-refractivity contribution in [3.05, 3.63) is 48.3 Å². The van der Waals surface area contributed by atoms with E-state index in [2.05, 4.69) is 20.6 Å². The minimum atomic E-state index is -0.298. The van der Waals surface area contributed by atoms with Gasteiger partial charge in [-0.05, 0) is 37.6 Å². The van der Waals surface area contributed by atoms with Crippen LogP contribution in [0.3, 0.4) is 0 Å². The first kappa shape index (κ1) is 18.9. The number of hydrogen-bond donors (Lipinski definition) is 2. The highest BCUT2D eigenvalue weighted by Crippen LogP contribution is 2.21. The van der Waals surface area contributed by atoms with Crippen LogP contribution in [0.25, 0.3) is 0 Å². The Morgan fingerprint density at radius 2 is 1.76 bits per heavy atom. The van der Waals surface area contributed by atoms with E-state index in [1.54, 1.807) is 25.4 Å². The molecule has 2 aromatic rings. The van der Waals surface area contributed by atoms with Gasteiger partial charge in [0.1, 0.15) is 0 Å². The van der Waals surface area contributed by atoms with Gasteiger partial charge in [-0.2, -0.15) is 0 Å². The predicted molar refractivity (Wildman–Crippen MR) is 99.3 cm³/mol. The Balaban J connectivity index is 1.90. The predicted octanol–water partition coefficient (Wildman–Crippen LogP) is 3.18. The summed E-state index contributed by atoms with van der Waals surface area (Å²) in [6.07, 6.45) is 3.75. The number of benzene rings is 1. The van der Waals surface area contributed by atoms with E-state index >= 15 is 0 Å². The summed E-state index contributed by atoms with van der Waals surface area (Å²) in [5, 5.41) is 6.06. The third kappa shape index (κ3) is 5.86. The van der Waals surface area contributed by atoms with Gasteiger partial charge in [0.2, 0.25) is 11.8 Å². The minimum Gasteiger partial charge on any atom is -0.349 e. The molecular formula is C18H22N4O2S. The molecule has 0 aliphatic heterocycles. The molecule has 2 N–H and O–H groups in total. The van der Waals surface area contributed by atoms with Crippen molar-refractivity contribution in [3.8, 4) is 0 Å². The lowest BCUT2D eigenvalue weighted by molar-refractivity contribution is -0.121. The number of carbonyl (C=O) groups excluding carboxylic acids is 2. The average molecular weight is 358 g/mol. The number of nitrogens with zero attached hydrogens (tertiary/aromatic N) is 2. The average Bonchev–Trinajstić information content (AvgIpc) is 2.62. The third-order valence-electron chi connectivity index (χ3n) is 3.57. The van der Waals surface area contributed by atoms with Crippen LogP contribution in [-0.4, -0.2) is 27.0 Å². The Morgan fingerprint density at radius 1 is 1.12 bits per heavy atom. The monoisotopic (exact) mass is 358 g/mol. The largest absolute Gasteiger partial charge is 0.349 e. The van der Waals surface area contributed by atoms with Gasteiger partial charge in [-0.1, -0.05) is 30.8 Å². The molecule has 25 heavy (non-hydrogen) atoms. The molecule has 6 nitrogen and oxygen atoms in total. The molecule has 1 aromatic carbocycles. The van der Waals surface area contributed by atoms with Crippen LogP contribution in [0.15, 0.2) is 47.9 Å². The van der Waals surface area contributed by atoms with Gasteiger partial charge in [0.05, 0.1) is 11.3 Å². The number of hydrogen-bond acceptors (Lipinski definition) is 5. The topological polar surface area (TPSA) is 84.0 Å². The molecule has 132 valence electrons. The van der Waals surface area contributed by atoms with Gasteiger partial charge in [-0.15, -0.1) is 0 Å². The summed E-state index contributed by atoms with van der Waals surface area (Å²) in [5.74, 6) is -0.101. The van der Waals surface area contributed by atoms with Crippen molar-refractivity contribution in [2.24, 2.45) is 0 Å². The lowest BCUT2D eigenvalue weighted by atomic mass is 10.1. The number of amides is 2. The fourth-order valence-electron chi connectivity index (χ4n) is 2.08. The number of thioether (sulfide) groups is 1. The molecular weight excluding hydrogens is 336 g/mol. The minimum absolute atomic E-state index is 0.0249. The van der Waals surface area contributed by atoms with E-state index in [0.717, 1.165) is 11.3 Å². The molecule has 2 rings (SSSR count). The van der Waals surface area contributed by atoms with Gasteiger partial charge in [-0.3, -0.25) is 9.59 Å².